The van der Waals surface area contributed by atoms with Crippen molar-refractivity contribution in [3.05, 3.63) is 257 Å². The lowest BCUT2D eigenvalue weighted by atomic mass is 9.77. The summed E-state index contributed by atoms with van der Waals surface area (Å²) in [4.78, 5) is 0. The van der Waals surface area contributed by atoms with Crippen LogP contribution in [0, 0.1) is 0 Å². The minimum absolute atomic E-state index is 0.0786. The van der Waals surface area contributed by atoms with Gasteiger partial charge < -0.3 is 0 Å². The molecular formula is C80H64. The molecule has 0 amide bonds. The number of fused-ring (bicyclic) bond motifs is 15. The molecule has 0 radical (unpaired) electrons. The van der Waals surface area contributed by atoms with Gasteiger partial charge in [0.1, 0.15) is 0 Å². The van der Waals surface area contributed by atoms with E-state index in [4.69, 9.17) is 0 Å². The van der Waals surface area contributed by atoms with Gasteiger partial charge in [-0.1, -0.05) is 250 Å². The molecule has 0 nitrogen and oxygen atoms in total. The van der Waals surface area contributed by atoms with Crippen molar-refractivity contribution in [2.45, 2.75) is 90.4 Å². The molecule has 0 aromatic heterocycles. The fraction of sp³-hybridized carbons (Fsp3) is 0.175. The standard InChI is InChI=1S/C80H64/c1-11-20-47(40-51-39-46-22-13-17-26-64(46)78(51,5)6)70-57-34-31-50(77(2,3)4)44-63(57)71(49-30-33-56-54-25-16-19-28-66(54)80(9,10)68(56)43-49)76-60-36-35-58-62-41-45-21-12-14-23-52(45)69(74(62)59-37-38-61(75(70)76)73(60)72(58)59)48-29-32-55-53-24-15-18-27-65(53)79(7,8)67(55)42-48/h11-38,40-44H,1,39H2,2-10H3/b47-20+,51-40+. The molecule has 0 unspecified atom stereocenters. The Morgan fingerprint density at radius 3 is 1.57 bits per heavy atom. The maximum absolute atomic E-state index is 4.45. The normalized spacial score (nSPS) is 16.5. The minimum Gasteiger partial charge on any atom is -0.0990 e. The molecule has 0 aliphatic heterocycles. The number of benzene rings is 11. The van der Waals surface area contributed by atoms with Crippen LogP contribution in [-0.4, -0.2) is 0 Å². The second-order valence-corrected chi connectivity index (χ2v) is 26.3. The highest BCUT2D eigenvalue weighted by atomic mass is 14.4. The summed E-state index contributed by atoms with van der Waals surface area (Å²) in [5.41, 5.74) is 34.3. The zero-order valence-corrected chi connectivity index (χ0v) is 47.5. The van der Waals surface area contributed by atoms with Gasteiger partial charge in [0.25, 0.3) is 0 Å². The van der Waals surface area contributed by atoms with Crippen LogP contribution in [0.1, 0.15) is 107 Å². The van der Waals surface area contributed by atoms with Crippen LogP contribution in [0.3, 0.4) is 0 Å². The highest BCUT2D eigenvalue weighted by molar-refractivity contribution is 6.33. The average molecular weight is 1030 g/mol. The average Bonchev–Trinajstić information content (AvgIpc) is 4.39. The van der Waals surface area contributed by atoms with Crippen molar-refractivity contribution in [1.82, 2.24) is 0 Å². The molecule has 0 fully saturated rings. The molecule has 0 heteroatoms. The fourth-order valence-corrected chi connectivity index (χ4v) is 15.9. The Morgan fingerprint density at radius 1 is 0.412 bits per heavy atom. The van der Waals surface area contributed by atoms with Crippen molar-refractivity contribution in [1.29, 1.82) is 0 Å². The Balaban J connectivity index is 1.01. The first-order valence-corrected chi connectivity index (χ1v) is 29.0. The third-order valence-electron chi connectivity index (χ3n) is 20.0. The lowest BCUT2D eigenvalue weighted by Crippen LogP contribution is -2.15. The van der Waals surface area contributed by atoms with Crippen LogP contribution in [0.25, 0.3) is 127 Å². The summed E-state index contributed by atoms with van der Waals surface area (Å²) in [6, 6.07) is 70.9. The van der Waals surface area contributed by atoms with E-state index in [9.17, 15) is 0 Å². The molecule has 0 bridgehead atoms. The molecule has 384 valence electrons. The molecule has 0 atom stereocenters. The van der Waals surface area contributed by atoms with E-state index < -0.39 is 0 Å². The molecule has 11 aromatic carbocycles. The molecule has 11 aromatic rings. The molecule has 0 spiro atoms. The predicted molar refractivity (Wildman–Crippen MR) is 342 cm³/mol. The van der Waals surface area contributed by atoms with Gasteiger partial charge in [0.15, 0.2) is 0 Å². The van der Waals surface area contributed by atoms with Gasteiger partial charge in [-0.05, 0) is 208 Å². The summed E-state index contributed by atoms with van der Waals surface area (Å²) in [6.45, 7) is 26.0. The van der Waals surface area contributed by atoms with E-state index in [1.807, 2.05) is 6.08 Å². The van der Waals surface area contributed by atoms with E-state index in [0.717, 1.165) is 6.42 Å². The first-order chi connectivity index (χ1) is 38.6. The van der Waals surface area contributed by atoms with Crippen LogP contribution in [0.5, 0.6) is 0 Å². The Kier molecular flexibility index (Phi) is 9.51. The zero-order valence-electron chi connectivity index (χ0n) is 47.5. The lowest BCUT2D eigenvalue weighted by molar-refractivity contribution is 0.591. The highest BCUT2D eigenvalue weighted by Gasteiger charge is 2.41. The fourth-order valence-electron chi connectivity index (χ4n) is 15.9. The van der Waals surface area contributed by atoms with Gasteiger partial charge in [0.2, 0.25) is 0 Å². The molecule has 0 saturated carbocycles. The number of hydrogen-bond donors (Lipinski definition) is 0. The SMILES string of the molecule is C=C/C=C(\C=C1/Cc2ccccc2C1(C)C)c1c2c(c(-c3ccc4c(c3)C(C)(C)c3ccccc3-4)c3cc(C(C)(C)C)ccc13)-c1ccc3c4c(ccc-2c14)-c1c-3cc2ccccc2c1-c1ccc2c(c1)C(C)(C)c1ccccc1-2. The van der Waals surface area contributed by atoms with Crippen molar-refractivity contribution in [2.75, 3.05) is 0 Å². The van der Waals surface area contributed by atoms with Crippen LogP contribution in [0.2, 0.25) is 0 Å². The third-order valence-corrected chi connectivity index (χ3v) is 20.0. The van der Waals surface area contributed by atoms with Gasteiger partial charge in [0.05, 0.1) is 0 Å². The Morgan fingerprint density at radius 2 is 0.938 bits per heavy atom. The van der Waals surface area contributed by atoms with E-state index in [1.165, 1.54) is 177 Å². The van der Waals surface area contributed by atoms with Crippen LogP contribution in [0.4, 0.5) is 0 Å². The van der Waals surface area contributed by atoms with Crippen LogP contribution in [0.15, 0.2) is 212 Å². The first-order valence-electron chi connectivity index (χ1n) is 29.0. The maximum Gasteiger partial charge on any atom is 0.0159 e. The molecule has 16 rings (SSSR count). The molecular weight excluding hydrogens is 961 g/mol. The van der Waals surface area contributed by atoms with Crippen molar-refractivity contribution >= 4 is 37.9 Å². The number of allylic oxidation sites excluding steroid dienone is 5. The summed E-state index contributed by atoms with van der Waals surface area (Å²) in [7, 11) is 0. The van der Waals surface area contributed by atoms with Crippen LogP contribution in [-0.2, 0) is 28.1 Å². The van der Waals surface area contributed by atoms with Gasteiger partial charge in [-0.25, -0.2) is 0 Å². The van der Waals surface area contributed by atoms with E-state index >= 15 is 0 Å². The molecule has 0 heterocycles. The summed E-state index contributed by atoms with van der Waals surface area (Å²) < 4.78 is 0. The predicted octanol–water partition coefficient (Wildman–Crippen LogP) is 21.7. The Bertz CT molecular complexity index is 4740. The molecule has 80 heavy (non-hydrogen) atoms. The maximum atomic E-state index is 4.45. The molecule has 5 aliphatic carbocycles. The third kappa shape index (κ3) is 6.17. The topological polar surface area (TPSA) is 0 Å². The van der Waals surface area contributed by atoms with E-state index in [0.29, 0.717) is 0 Å². The van der Waals surface area contributed by atoms with Crippen LogP contribution < -0.4 is 0 Å². The second-order valence-electron chi connectivity index (χ2n) is 26.3. The molecule has 5 aliphatic rings. The van der Waals surface area contributed by atoms with Gasteiger partial charge in [-0.15, -0.1) is 0 Å². The van der Waals surface area contributed by atoms with Crippen LogP contribution >= 0.6 is 0 Å². The van der Waals surface area contributed by atoms with Crippen molar-refractivity contribution in [3.8, 4) is 89.0 Å². The van der Waals surface area contributed by atoms with Crippen molar-refractivity contribution in [2.24, 2.45) is 0 Å². The van der Waals surface area contributed by atoms with Gasteiger partial charge in [-0.3, -0.25) is 0 Å². The van der Waals surface area contributed by atoms with Gasteiger partial charge in [-0.2, -0.15) is 0 Å². The number of hydrogen-bond acceptors (Lipinski definition) is 0. The summed E-state index contributed by atoms with van der Waals surface area (Å²) in [6.07, 6.45) is 7.79. The minimum atomic E-state index is -0.160. The lowest BCUT2D eigenvalue weighted by Gasteiger charge is -2.26. The Hall–Kier alpha value is -8.58. The summed E-state index contributed by atoms with van der Waals surface area (Å²) in [5.74, 6) is 0. The van der Waals surface area contributed by atoms with Gasteiger partial charge in [0, 0.05) is 16.2 Å². The second kappa shape index (κ2) is 16.0. The van der Waals surface area contributed by atoms with Crippen molar-refractivity contribution in [3.63, 3.8) is 0 Å². The summed E-state index contributed by atoms with van der Waals surface area (Å²) >= 11 is 0. The quantitative estimate of drug-likeness (QED) is 0.151. The first kappa shape index (κ1) is 47.4. The van der Waals surface area contributed by atoms with E-state index in [1.54, 1.807) is 0 Å². The highest BCUT2D eigenvalue weighted by Crippen LogP contribution is 2.64. The zero-order chi connectivity index (χ0) is 54.5. The summed E-state index contributed by atoms with van der Waals surface area (Å²) in [5, 5.41) is 7.84. The van der Waals surface area contributed by atoms with E-state index in [2.05, 4.69) is 263 Å². The smallest absolute Gasteiger partial charge is 0.0159 e. The molecule has 0 N–H and O–H groups in total. The van der Waals surface area contributed by atoms with Crippen molar-refractivity contribution < 1.29 is 0 Å². The molecule has 0 saturated heterocycles. The number of rotatable bonds is 5. The largest absolute Gasteiger partial charge is 0.0990 e. The monoisotopic (exact) mass is 1020 g/mol. The van der Waals surface area contributed by atoms with E-state index in [-0.39, 0.29) is 21.7 Å². The Labute approximate surface area is 471 Å². The van der Waals surface area contributed by atoms with Gasteiger partial charge >= 0.3 is 0 Å².